The molecular weight excluding hydrogens is 306 g/mol. The molecule has 0 saturated carbocycles. The Balaban J connectivity index is 1.94. The van der Waals surface area contributed by atoms with Crippen LogP contribution in [0.1, 0.15) is 17.0 Å². The van der Waals surface area contributed by atoms with E-state index in [1.54, 1.807) is 12.1 Å². The number of nitrogens with zero attached hydrogens (tertiary/aromatic N) is 2. The van der Waals surface area contributed by atoms with Crippen molar-refractivity contribution in [2.24, 2.45) is 0 Å². The molecule has 0 fully saturated rings. The third-order valence-electron chi connectivity index (χ3n) is 3.84. The Morgan fingerprint density at radius 3 is 2.39 bits per heavy atom. The van der Waals surface area contributed by atoms with Gasteiger partial charge in [-0.25, -0.2) is 0 Å². The summed E-state index contributed by atoms with van der Waals surface area (Å²) >= 11 is 1.20. The van der Waals surface area contributed by atoms with Crippen LogP contribution in [-0.2, 0) is 10.5 Å². The van der Waals surface area contributed by atoms with Crippen molar-refractivity contribution >= 4 is 23.4 Å². The number of anilines is 1. The van der Waals surface area contributed by atoms with Crippen LogP contribution in [-0.4, -0.2) is 10.7 Å². The van der Waals surface area contributed by atoms with Crippen molar-refractivity contribution < 1.29 is 4.79 Å². The van der Waals surface area contributed by atoms with E-state index in [4.69, 9.17) is 0 Å². The Morgan fingerprint density at radius 1 is 1.04 bits per heavy atom. The highest BCUT2D eigenvalue weighted by molar-refractivity contribution is 8.00. The molecule has 1 unspecified atom stereocenters. The highest BCUT2D eigenvalue weighted by Crippen LogP contribution is 2.46. The lowest BCUT2D eigenvalue weighted by atomic mass is 9.88. The van der Waals surface area contributed by atoms with E-state index in [1.165, 1.54) is 11.8 Å². The summed E-state index contributed by atoms with van der Waals surface area (Å²) in [6.07, 6.45) is 0. The summed E-state index contributed by atoms with van der Waals surface area (Å²) in [7, 11) is 0. The van der Waals surface area contributed by atoms with Crippen molar-refractivity contribution in [1.82, 2.24) is 0 Å². The van der Waals surface area contributed by atoms with Gasteiger partial charge in [-0.2, -0.15) is 10.5 Å². The molecule has 0 bridgehead atoms. The summed E-state index contributed by atoms with van der Waals surface area (Å²) in [6.45, 7) is 0. The molecular formula is C18H13N3OS. The lowest BCUT2D eigenvalue weighted by Gasteiger charge is -2.23. The standard InChI is InChI=1S/C18H13N3OS/c19-11-18(12-20,23-10-13-6-2-1-3-7-13)16-14-8-4-5-9-15(14)21-17(16)22/h1-9,16H,10H2,(H,21,22). The number of carbonyl (C=O) groups excluding carboxylic acids is 1. The Bertz CT molecular complexity index is 806. The maximum absolute atomic E-state index is 12.4. The highest BCUT2D eigenvalue weighted by Gasteiger charge is 2.49. The van der Waals surface area contributed by atoms with Gasteiger partial charge in [0.05, 0.1) is 12.1 Å². The Hall–Kier alpha value is -2.76. The topological polar surface area (TPSA) is 76.7 Å². The van der Waals surface area contributed by atoms with Crippen LogP contribution in [0, 0.1) is 22.7 Å². The van der Waals surface area contributed by atoms with Gasteiger partial charge in [0.25, 0.3) is 0 Å². The second kappa shape index (κ2) is 6.16. The Morgan fingerprint density at radius 2 is 1.70 bits per heavy atom. The average molecular weight is 319 g/mol. The van der Waals surface area contributed by atoms with Gasteiger partial charge in [0.1, 0.15) is 5.92 Å². The van der Waals surface area contributed by atoms with Gasteiger partial charge in [-0.1, -0.05) is 48.5 Å². The second-order valence-corrected chi connectivity index (χ2v) is 6.46. The number of hydrogen-bond acceptors (Lipinski definition) is 4. The number of thioether (sulfide) groups is 1. The van der Waals surface area contributed by atoms with Gasteiger partial charge in [-0.15, -0.1) is 11.8 Å². The zero-order chi connectivity index (χ0) is 16.3. The molecule has 2 aromatic rings. The van der Waals surface area contributed by atoms with Crippen molar-refractivity contribution in [2.75, 3.05) is 5.32 Å². The fourth-order valence-corrected chi connectivity index (χ4v) is 3.80. The summed E-state index contributed by atoms with van der Waals surface area (Å²) in [5.74, 6) is -0.592. The number of rotatable bonds is 4. The predicted octanol–water partition coefficient (Wildman–Crippen LogP) is 3.44. The minimum absolute atomic E-state index is 0.296. The number of nitriles is 2. The first kappa shape index (κ1) is 15.1. The van der Waals surface area contributed by atoms with Crippen LogP contribution in [0.15, 0.2) is 54.6 Å². The van der Waals surface area contributed by atoms with Gasteiger partial charge in [0, 0.05) is 11.4 Å². The molecule has 0 saturated heterocycles. The molecule has 112 valence electrons. The lowest BCUT2D eigenvalue weighted by molar-refractivity contribution is -0.117. The largest absolute Gasteiger partial charge is 0.325 e. The van der Waals surface area contributed by atoms with Crippen LogP contribution in [0.5, 0.6) is 0 Å². The molecule has 1 N–H and O–H groups in total. The minimum atomic E-state index is -1.45. The molecule has 0 aliphatic carbocycles. The normalized spacial score (nSPS) is 16.1. The van der Waals surface area contributed by atoms with Crippen LogP contribution in [0.25, 0.3) is 0 Å². The molecule has 1 heterocycles. The number of fused-ring (bicyclic) bond motifs is 1. The quantitative estimate of drug-likeness (QED) is 0.936. The van der Waals surface area contributed by atoms with Gasteiger partial charge in [-0.3, -0.25) is 4.79 Å². The zero-order valence-electron chi connectivity index (χ0n) is 12.2. The van der Waals surface area contributed by atoms with Gasteiger partial charge < -0.3 is 5.32 Å². The average Bonchev–Trinajstić information content (AvgIpc) is 2.94. The number of benzene rings is 2. The first-order valence-electron chi connectivity index (χ1n) is 7.10. The molecule has 4 nitrogen and oxygen atoms in total. The fourth-order valence-electron chi connectivity index (χ4n) is 2.69. The van der Waals surface area contributed by atoms with E-state index in [0.29, 0.717) is 17.0 Å². The summed E-state index contributed by atoms with van der Waals surface area (Å²) in [5, 5.41) is 22.1. The smallest absolute Gasteiger partial charge is 0.235 e. The molecule has 0 spiro atoms. The minimum Gasteiger partial charge on any atom is -0.325 e. The van der Waals surface area contributed by atoms with Gasteiger partial charge in [0.2, 0.25) is 10.7 Å². The highest BCUT2D eigenvalue weighted by atomic mass is 32.2. The van der Waals surface area contributed by atoms with E-state index in [1.807, 2.05) is 42.5 Å². The summed E-state index contributed by atoms with van der Waals surface area (Å²) < 4.78 is -1.45. The Labute approximate surface area is 138 Å². The molecule has 1 atom stereocenters. The van der Waals surface area contributed by atoms with E-state index in [9.17, 15) is 15.3 Å². The number of hydrogen-bond donors (Lipinski definition) is 1. The van der Waals surface area contributed by atoms with E-state index in [-0.39, 0.29) is 5.91 Å². The molecule has 0 aromatic heterocycles. The fraction of sp³-hybridized carbons (Fsp3) is 0.167. The van der Waals surface area contributed by atoms with Crippen LogP contribution >= 0.6 is 11.8 Å². The van der Waals surface area contributed by atoms with Gasteiger partial charge in [-0.05, 0) is 17.2 Å². The molecule has 1 aliphatic heterocycles. The first-order chi connectivity index (χ1) is 11.2. The number of carbonyl (C=O) groups is 1. The molecule has 1 amide bonds. The molecule has 0 radical (unpaired) electrons. The van der Waals surface area contributed by atoms with Crippen molar-refractivity contribution in [1.29, 1.82) is 10.5 Å². The van der Waals surface area contributed by atoms with Gasteiger partial charge in [0.15, 0.2) is 0 Å². The molecule has 23 heavy (non-hydrogen) atoms. The van der Waals surface area contributed by atoms with Crippen LogP contribution in [0.4, 0.5) is 5.69 Å². The van der Waals surface area contributed by atoms with Crippen LogP contribution in [0.2, 0.25) is 0 Å². The van der Waals surface area contributed by atoms with E-state index in [2.05, 4.69) is 17.5 Å². The van der Waals surface area contributed by atoms with Crippen molar-refractivity contribution in [2.45, 2.75) is 16.4 Å². The van der Waals surface area contributed by atoms with Crippen molar-refractivity contribution in [3.05, 3.63) is 65.7 Å². The third kappa shape index (κ3) is 2.67. The lowest BCUT2D eigenvalue weighted by Crippen LogP contribution is -2.34. The Kier molecular flexibility index (Phi) is 4.06. The third-order valence-corrected chi connectivity index (χ3v) is 5.19. The number of para-hydroxylation sites is 1. The van der Waals surface area contributed by atoms with E-state index in [0.717, 1.165) is 5.56 Å². The maximum Gasteiger partial charge on any atom is 0.235 e. The molecule has 5 heteroatoms. The van der Waals surface area contributed by atoms with Crippen LogP contribution < -0.4 is 5.32 Å². The summed E-state index contributed by atoms with van der Waals surface area (Å²) in [6, 6.07) is 21.0. The van der Waals surface area contributed by atoms with E-state index < -0.39 is 10.7 Å². The van der Waals surface area contributed by atoms with Crippen molar-refractivity contribution in [3.8, 4) is 12.1 Å². The predicted molar refractivity (Wildman–Crippen MR) is 89.5 cm³/mol. The number of amides is 1. The molecule has 1 aliphatic rings. The van der Waals surface area contributed by atoms with Crippen LogP contribution in [0.3, 0.4) is 0 Å². The second-order valence-electron chi connectivity index (χ2n) is 5.24. The number of nitrogens with one attached hydrogen (secondary N) is 1. The molecule has 3 rings (SSSR count). The van der Waals surface area contributed by atoms with E-state index >= 15 is 0 Å². The zero-order valence-corrected chi connectivity index (χ0v) is 13.0. The SMILES string of the molecule is N#CC(C#N)(SCc1ccccc1)C1C(=O)Nc2ccccc21. The van der Waals surface area contributed by atoms with Crippen molar-refractivity contribution in [3.63, 3.8) is 0 Å². The molecule has 2 aromatic carbocycles. The summed E-state index contributed by atoms with van der Waals surface area (Å²) in [5.41, 5.74) is 2.40. The van der Waals surface area contributed by atoms with Gasteiger partial charge >= 0.3 is 0 Å². The summed E-state index contributed by atoms with van der Waals surface area (Å²) in [4.78, 5) is 12.4. The first-order valence-corrected chi connectivity index (χ1v) is 8.09. The maximum atomic E-state index is 12.4. The monoisotopic (exact) mass is 319 g/mol.